The highest BCUT2D eigenvalue weighted by Crippen LogP contribution is 2.41. The van der Waals surface area contributed by atoms with Crippen LogP contribution in [-0.2, 0) is 15.1 Å². The molecule has 0 fully saturated rings. The van der Waals surface area contributed by atoms with Crippen molar-refractivity contribution in [2.24, 2.45) is 0 Å². The van der Waals surface area contributed by atoms with Gasteiger partial charge < -0.3 is 19.4 Å². The maximum absolute atomic E-state index is 12.5. The fourth-order valence-corrected chi connectivity index (χ4v) is 2.65. The van der Waals surface area contributed by atoms with Crippen LogP contribution in [-0.4, -0.2) is 33.4 Å². The molecule has 126 valence electrons. The van der Waals surface area contributed by atoms with E-state index in [0.717, 1.165) is 0 Å². The Morgan fingerprint density at radius 2 is 2.00 bits per heavy atom. The molecule has 0 aliphatic rings. The Bertz CT molecular complexity index is 706. The normalized spacial score (nSPS) is 14.0. The summed E-state index contributed by atoms with van der Waals surface area (Å²) in [5.74, 6) is -1.41. The molecule has 0 aliphatic heterocycles. The number of aromatic nitrogens is 1. The van der Waals surface area contributed by atoms with Gasteiger partial charge in [-0.15, -0.1) is 0 Å². The summed E-state index contributed by atoms with van der Waals surface area (Å²) < 4.78 is 10.9. The van der Waals surface area contributed by atoms with Crippen molar-refractivity contribution in [2.75, 3.05) is 6.61 Å². The fraction of sp³-hybridized carbons (Fsp3) is 0.529. The van der Waals surface area contributed by atoms with Crippen molar-refractivity contribution in [2.45, 2.75) is 51.7 Å². The van der Waals surface area contributed by atoms with E-state index in [4.69, 9.17) is 9.15 Å². The number of hydrogen-bond acceptors (Lipinski definition) is 6. The first-order valence-electron chi connectivity index (χ1n) is 7.56. The van der Waals surface area contributed by atoms with Gasteiger partial charge in [0, 0.05) is 11.8 Å². The SMILES string of the molecule is CCOC(=O)C(c1c(C(C)(C)O)oc2cccnc12)C(C)(C)O. The molecule has 2 aromatic rings. The van der Waals surface area contributed by atoms with Gasteiger partial charge in [0.1, 0.15) is 22.8 Å². The summed E-state index contributed by atoms with van der Waals surface area (Å²) in [4.78, 5) is 16.7. The van der Waals surface area contributed by atoms with Crippen molar-refractivity contribution in [3.05, 3.63) is 29.7 Å². The van der Waals surface area contributed by atoms with E-state index in [9.17, 15) is 15.0 Å². The van der Waals surface area contributed by atoms with E-state index in [1.54, 1.807) is 39.1 Å². The van der Waals surface area contributed by atoms with E-state index >= 15 is 0 Å². The average Bonchev–Trinajstić information content (AvgIpc) is 2.77. The Labute approximate surface area is 135 Å². The molecule has 6 heteroatoms. The molecule has 2 aromatic heterocycles. The Balaban J connectivity index is 2.78. The lowest BCUT2D eigenvalue weighted by Gasteiger charge is -2.29. The zero-order valence-corrected chi connectivity index (χ0v) is 14.1. The summed E-state index contributed by atoms with van der Waals surface area (Å²) in [6, 6.07) is 3.40. The van der Waals surface area contributed by atoms with Crippen LogP contribution in [0.15, 0.2) is 22.7 Å². The van der Waals surface area contributed by atoms with Crippen LogP contribution in [0.25, 0.3) is 11.1 Å². The van der Waals surface area contributed by atoms with Gasteiger partial charge in [0.25, 0.3) is 0 Å². The summed E-state index contributed by atoms with van der Waals surface area (Å²) in [7, 11) is 0. The van der Waals surface area contributed by atoms with E-state index in [0.29, 0.717) is 16.7 Å². The molecule has 0 amide bonds. The van der Waals surface area contributed by atoms with Crippen molar-refractivity contribution in [1.29, 1.82) is 0 Å². The fourth-order valence-electron chi connectivity index (χ4n) is 2.65. The van der Waals surface area contributed by atoms with E-state index in [2.05, 4.69) is 4.98 Å². The summed E-state index contributed by atoms with van der Waals surface area (Å²) in [5.41, 5.74) is -1.52. The highest BCUT2D eigenvalue weighted by atomic mass is 16.5. The first kappa shape index (κ1) is 17.4. The minimum atomic E-state index is -1.42. The quantitative estimate of drug-likeness (QED) is 0.822. The molecule has 6 nitrogen and oxygen atoms in total. The van der Waals surface area contributed by atoms with Crippen molar-refractivity contribution >= 4 is 17.1 Å². The smallest absolute Gasteiger partial charge is 0.316 e. The van der Waals surface area contributed by atoms with E-state index in [-0.39, 0.29) is 12.4 Å². The number of carbonyl (C=O) groups excluding carboxylic acids is 1. The van der Waals surface area contributed by atoms with Gasteiger partial charge in [-0.3, -0.25) is 9.78 Å². The van der Waals surface area contributed by atoms with Crippen LogP contribution < -0.4 is 0 Å². The highest BCUT2D eigenvalue weighted by molar-refractivity contribution is 5.88. The molecule has 0 aromatic carbocycles. The second kappa shape index (κ2) is 5.94. The number of rotatable bonds is 5. The van der Waals surface area contributed by atoms with Gasteiger partial charge in [-0.2, -0.15) is 0 Å². The number of fused-ring (bicyclic) bond motifs is 1. The second-order valence-corrected chi connectivity index (χ2v) is 6.59. The van der Waals surface area contributed by atoms with E-state index in [1.165, 1.54) is 13.8 Å². The van der Waals surface area contributed by atoms with Crippen LogP contribution in [0.4, 0.5) is 0 Å². The third-order valence-corrected chi connectivity index (χ3v) is 3.56. The topological polar surface area (TPSA) is 92.8 Å². The number of aliphatic hydroxyl groups is 2. The van der Waals surface area contributed by atoms with Crippen LogP contribution >= 0.6 is 0 Å². The van der Waals surface area contributed by atoms with Crippen molar-refractivity contribution in [1.82, 2.24) is 4.98 Å². The second-order valence-electron chi connectivity index (χ2n) is 6.59. The number of pyridine rings is 1. The van der Waals surface area contributed by atoms with Crippen molar-refractivity contribution < 1.29 is 24.2 Å². The zero-order valence-electron chi connectivity index (χ0n) is 14.1. The Hall–Kier alpha value is -1.92. The highest BCUT2D eigenvalue weighted by Gasteiger charge is 2.43. The van der Waals surface area contributed by atoms with Gasteiger partial charge in [0.05, 0.1) is 12.2 Å². The number of furan rings is 1. The maximum atomic E-state index is 12.5. The predicted molar refractivity (Wildman–Crippen MR) is 84.9 cm³/mol. The van der Waals surface area contributed by atoms with E-state index < -0.39 is 23.1 Å². The molecule has 1 atom stereocenters. The molecule has 2 rings (SSSR count). The standard InChI is InChI=1S/C17H23NO5/c1-6-22-15(19)12(16(2,3)20)11-13-10(8-7-9-18-13)23-14(11)17(4,5)21/h7-9,12,20-21H,6H2,1-5H3. The molecule has 0 radical (unpaired) electrons. The largest absolute Gasteiger partial charge is 0.465 e. The van der Waals surface area contributed by atoms with Gasteiger partial charge in [0.15, 0.2) is 5.58 Å². The lowest BCUT2D eigenvalue weighted by molar-refractivity contribution is -0.150. The zero-order chi connectivity index (χ0) is 17.4. The van der Waals surface area contributed by atoms with Gasteiger partial charge in [-0.05, 0) is 46.8 Å². The Morgan fingerprint density at radius 3 is 2.52 bits per heavy atom. The molecule has 0 saturated carbocycles. The van der Waals surface area contributed by atoms with Crippen molar-refractivity contribution in [3.63, 3.8) is 0 Å². The van der Waals surface area contributed by atoms with Crippen LogP contribution in [0.3, 0.4) is 0 Å². The lowest BCUT2D eigenvalue weighted by atomic mass is 9.82. The Morgan fingerprint density at radius 1 is 1.35 bits per heavy atom. The number of hydrogen-bond donors (Lipinski definition) is 2. The third-order valence-electron chi connectivity index (χ3n) is 3.56. The van der Waals surface area contributed by atoms with Crippen LogP contribution in [0.1, 0.15) is 51.9 Å². The number of nitrogens with zero attached hydrogens (tertiary/aromatic N) is 1. The minimum absolute atomic E-state index is 0.187. The minimum Gasteiger partial charge on any atom is -0.465 e. The molecule has 0 bridgehead atoms. The molecular weight excluding hydrogens is 298 g/mol. The third kappa shape index (κ3) is 3.38. The lowest BCUT2D eigenvalue weighted by Crippen LogP contribution is -2.37. The van der Waals surface area contributed by atoms with Gasteiger partial charge in [-0.1, -0.05) is 0 Å². The molecule has 1 unspecified atom stereocenters. The van der Waals surface area contributed by atoms with Crippen LogP contribution in [0.2, 0.25) is 0 Å². The summed E-state index contributed by atoms with van der Waals surface area (Å²) in [5, 5.41) is 21.0. The molecule has 0 spiro atoms. The molecule has 23 heavy (non-hydrogen) atoms. The summed E-state index contributed by atoms with van der Waals surface area (Å²) in [6.45, 7) is 8.03. The predicted octanol–water partition coefficient (Wildman–Crippen LogP) is 2.47. The summed E-state index contributed by atoms with van der Waals surface area (Å²) >= 11 is 0. The molecule has 2 heterocycles. The average molecular weight is 321 g/mol. The van der Waals surface area contributed by atoms with E-state index in [1.807, 2.05) is 0 Å². The van der Waals surface area contributed by atoms with Gasteiger partial charge in [0.2, 0.25) is 0 Å². The molecule has 2 N–H and O–H groups in total. The maximum Gasteiger partial charge on any atom is 0.316 e. The first-order valence-corrected chi connectivity index (χ1v) is 7.56. The van der Waals surface area contributed by atoms with Crippen molar-refractivity contribution in [3.8, 4) is 0 Å². The van der Waals surface area contributed by atoms with Crippen LogP contribution in [0.5, 0.6) is 0 Å². The summed E-state index contributed by atoms with van der Waals surface area (Å²) in [6.07, 6.45) is 1.57. The number of ether oxygens (including phenoxy) is 1. The van der Waals surface area contributed by atoms with Gasteiger partial charge >= 0.3 is 5.97 Å². The first-order chi connectivity index (χ1) is 10.6. The van der Waals surface area contributed by atoms with Crippen LogP contribution in [0, 0.1) is 0 Å². The Kier molecular flexibility index (Phi) is 4.50. The molecule has 0 saturated heterocycles. The number of esters is 1. The van der Waals surface area contributed by atoms with Gasteiger partial charge in [-0.25, -0.2) is 0 Å². The number of carbonyl (C=O) groups is 1. The molecular formula is C17H23NO5. The molecule has 0 aliphatic carbocycles. The monoisotopic (exact) mass is 321 g/mol.